The highest BCUT2D eigenvalue weighted by Gasteiger charge is 2.41. The van der Waals surface area contributed by atoms with Crippen LogP contribution in [0.2, 0.25) is 16.6 Å². The summed E-state index contributed by atoms with van der Waals surface area (Å²) in [5.74, 6) is 3.47. The van der Waals surface area contributed by atoms with Gasteiger partial charge in [0, 0.05) is 11.0 Å². The van der Waals surface area contributed by atoms with Gasteiger partial charge in [-0.1, -0.05) is 80.4 Å². The van der Waals surface area contributed by atoms with Gasteiger partial charge >= 0.3 is 0 Å². The van der Waals surface area contributed by atoms with Gasteiger partial charge in [-0.05, 0) is 28.8 Å². The van der Waals surface area contributed by atoms with Crippen LogP contribution in [0.1, 0.15) is 67.9 Å². The van der Waals surface area contributed by atoms with E-state index in [1.165, 1.54) is 0 Å². The highest BCUT2D eigenvalue weighted by atomic mass is 28.3. The van der Waals surface area contributed by atoms with E-state index in [4.69, 9.17) is 0 Å². The molecule has 0 radical (unpaired) electrons. The van der Waals surface area contributed by atoms with Crippen LogP contribution < -0.4 is 5.32 Å². The molecule has 0 aliphatic rings. The molecule has 0 atom stereocenters. The summed E-state index contributed by atoms with van der Waals surface area (Å²) in [6.45, 7) is 19.6. The number of anilines is 1. The molecular weight excluding hydrogens is 322 g/mol. The number of nitrogens with one attached hydrogen (secondary N) is 1. The first-order valence-corrected chi connectivity index (χ1v) is 11.6. The maximum Gasteiger partial charge on any atom is 0.229 e. The molecule has 138 valence electrons. The van der Waals surface area contributed by atoms with Crippen molar-refractivity contribution in [3.8, 4) is 11.5 Å². The molecule has 1 aromatic carbocycles. The van der Waals surface area contributed by atoms with Crippen LogP contribution in [0, 0.1) is 16.9 Å². The van der Waals surface area contributed by atoms with Crippen molar-refractivity contribution < 1.29 is 4.79 Å². The van der Waals surface area contributed by atoms with Gasteiger partial charge in [-0.2, -0.15) is 0 Å². The molecule has 0 saturated carbocycles. The highest BCUT2D eigenvalue weighted by molar-refractivity contribution is 6.90. The maximum atomic E-state index is 12.4. The number of para-hydroxylation sites is 1. The van der Waals surface area contributed by atoms with Crippen molar-refractivity contribution in [2.45, 2.75) is 78.9 Å². The van der Waals surface area contributed by atoms with E-state index in [0.29, 0.717) is 16.6 Å². The number of hydrogen-bond donors (Lipinski definition) is 1. The second-order valence-corrected chi connectivity index (χ2v) is 14.5. The first kappa shape index (κ1) is 21.5. The van der Waals surface area contributed by atoms with E-state index in [1.54, 1.807) is 0 Å². The summed E-state index contributed by atoms with van der Waals surface area (Å²) in [7, 11) is -1.78. The minimum absolute atomic E-state index is 0.0156. The predicted molar refractivity (Wildman–Crippen MR) is 112 cm³/mol. The molecule has 2 nitrogen and oxygen atoms in total. The Labute approximate surface area is 155 Å². The largest absolute Gasteiger partial charge is 0.325 e. The van der Waals surface area contributed by atoms with E-state index in [2.05, 4.69) is 58.3 Å². The molecule has 0 bridgehead atoms. The Morgan fingerprint density at radius 2 is 1.44 bits per heavy atom. The van der Waals surface area contributed by atoms with Crippen molar-refractivity contribution in [2.75, 3.05) is 5.32 Å². The summed E-state index contributed by atoms with van der Waals surface area (Å²) in [5.41, 5.74) is 6.83. The third-order valence-electron chi connectivity index (χ3n) is 5.14. The molecule has 0 heterocycles. The molecule has 0 fully saturated rings. The Morgan fingerprint density at radius 3 is 1.88 bits per heavy atom. The zero-order valence-electron chi connectivity index (χ0n) is 17.4. The van der Waals surface area contributed by atoms with E-state index in [0.717, 1.165) is 11.3 Å². The molecule has 3 heteroatoms. The van der Waals surface area contributed by atoms with Gasteiger partial charge in [-0.25, -0.2) is 0 Å². The minimum atomic E-state index is -1.78. The van der Waals surface area contributed by atoms with Gasteiger partial charge in [0.1, 0.15) is 8.07 Å². The number of carbonyl (C=O) groups is 1. The lowest BCUT2D eigenvalue weighted by molar-refractivity contribution is -0.123. The number of amides is 1. The van der Waals surface area contributed by atoms with Gasteiger partial charge in [-0.3, -0.25) is 4.79 Å². The zero-order chi connectivity index (χ0) is 19.4. The molecule has 1 N–H and O–H groups in total. The van der Waals surface area contributed by atoms with E-state index in [1.807, 2.05) is 45.0 Å². The van der Waals surface area contributed by atoms with E-state index in [9.17, 15) is 4.79 Å². The molecule has 25 heavy (non-hydrogen) atoms. The van der Waals surface area contributed by atoms with Crippen molar-refractivity contribution in [1.82, 2.24) is 0 Å². The summed E-state index contributed by atoms with van der Waals surface area (Å²) >= 11 is 0. The molecular formula is C22H35NOSi. The average Bonchev–Trinajstić information content (AvgIpc) is 2.47. The van der Waals surface area contributed by atoms with Crippen molar-refractivity contribution in [1.29, 1.82) is 0 Å². The third kappa shape index (κ3) is 4.98. The monoisotopic (exact) mass is 357 g/mol. The standard InChI is InChI=1S/C22H35NOSi/c1-16(2)25(17(3)4,18(5)6)15-14-19-12-10-11-13-20(19)23-21(24)22(7,8)9/h10-13,16-18H,1-9H3,(H,23,24). The molecule has 0 saturated heterocycles. The van der Waals surface area contributed by atoms with Crippen LogP contribution in [0.15, 0.2) is 24.3 Å². The number of carbonyl (C=O) groups excluding carboxylic acids is 1. The highest BCUT2D eigenvalue weighted by Crippen LogP contribution is 2.40. The second-order valence-electron chi connectivity index (χ2n) is 8.90. The van der Waals surface area contributed by atoms with Crippen LogP contribution >= 0.6 is 0 Å². The van der Waals surface area contributed by atoms with Crippen molar-refractivity contribution >= 4 is 19.7 Å². The molecule has 1 aromatic rings. The summed E-state index contributed by atoms with van der Waals surface area (Å²) in [5, 5.41) is 3.05. The molecule has 0 spiro atoms. The second kappa shape index (κ2) is 8.23. The fourth-order valence-corrected chi connectivity index (χ4v) is 8.84. The zero-order valence-corrected chi connectivity index (χ0v) is 18.4. The van der Waals surface area contributed by atoms with Gasteiger partial charge in [0.15, 0.2) is 0 Å². The number of rotatable bonds is 4. The van der Waals surface area contributed by atoms with Crippen molar-refractivity contribution in [3.63, 3.8) is 0 Å². The third-order valence-corrected chi connectivity index (χ3v) is 11.4. The van der Waals surface area contributed by atoms with Crippen LogP contribution in [-0.2, 0) is 4.79 Å². The van der Waals surface area contributed by atoms with Gasteiger partial charge in [0.05, 0.1) is 5.69 Å². The quantitative estimate of drug-likeness (QED) is 0.501. The maximum absolute atomic E-state index is 12.4. The molecule has 0 aliphatic heterocycles. The molecule has 0 unspecified atom stereocenters. The number of hydrogen-bond acceptors (Lipinski definition) is 1. The fourth-order valence-electron chi connectivity index (χ4n) is 3.62. The van der Waals surface area contributed by atoms with Gasteiger partial charge in [-0.15, -0.1) is 5.54 Å². The SMILES string of the molecule is CC(C)[Si](C#Cc1ccccc1NC(=O)C(C)(C)C)(C(C)C)C(C)C. The van der Waals surface area contributed by atoms with E-state index >= 15 is 0 Å². The Balaban J connectivity index is 3.33. The minimum Gasteiger partial charge on any atom is -0.325 e. The fraction of sp³-hybridized carbons (Fsp3) is 0.591. The summed E-state index contributed by atoms with van der Waals surface area (Å²) in [4.78, 5) is 12.4. The first-order chi connectivity index (χ1) is 11.4. The molecule has 1 amide bonds. The summed E-state index contributed by atoms with van der Waals surface area (Å²) < 4.78 is 0. The lowest BCUT2D eigenvalue weighted by Crippen LogP contribution is -2.43. The summed E-state index contributed by atoms with van der Waals surface area (Å²) in [6.07, 6.45) is 0. The summed E-state index contributed by atoms with van der Waals surface area (Å²) in [6, 6.07) is 7.88. The molecule has 0 aromatic heterocycles. The lowest BCUT2D eigenvalue weighted by atomic mass is 9.95. The smallest absolute Gasteiger partial charge is 0.229 e. The van der Waals surface area contributed by atoms with Crippen LogP contribution in [0.3, 0.4) is 0 Å². The molecule has 0 aliphatic carbocycles. The van der Waals surface area contributed by atoms with Crippen molar-refractivity contribution in [3.05, 3.63) is 29.8 Å². The Morgan fingerprint density at radius 1 is 0.960 bits per heavy atom. The van der Waals surface area contributed by atoms with E-state index < -0.39 is 13.5 Å². The number of benzene rings is 1. The van der Waals surface area contributed by atoms with Gasteiger partial charge in [0.2, 0.25) is 5.91 Å². The lowest BCUT2D eigenvalue weighted by Gasteiger charge is -2.38. The van der Waals surface area contributed by atoms with Crippen LogP contribution in [0.4, 0.5) is 5.69 Å². The van der Waals surface area contributed by atoms with E-state index in [-0.39, 0.29) is 5.91 Å². The normalized spacial score (nSPS) is 12.3. The Hall–Kier alpha value is -1.53. The van der Waals surface area contributed by atoms with Crippen LogP contribution in [-0.4, -0.2) is 14.0 Å². The van der Waals surface area contributed by atoms with Crippen molar-refractivity contribution in [2.24, 2.45) is 5.41 Å². The Kier molecular flexibility index (Phi) is 7.08. The van der Waals surface area contributed by atoms with Crippen LogP contribution in [0.25, 0.3) is 0 Å². The topological polar surface area (TPSA) is 29.1 Å². The Bertz CT molecular complexity index is 635. The van der Waals surface area contributed by atoms with Crippen LogP contribution in [0.5, 0.6) is 0 Å². The van der Waals surface area contributed by atoms with Gasteiger partial charge in [0.25, 0.3) is 0 Å². The molecule has 1 rings (SSSR count). The average molecular weight is 358 g/mol. The van der Waals surface area contributed by atoms with Gasteiger partial charge < -0.3 is 5.32 Å². The first-order valence-electron chi connectivity index (χ1n) is 9.36. The predicted octanol–water partition coefficient (Wildman–Crippen LogP) is 6.24.